The van der Waals surface area contributed by atoms with E-state index in [2.05, 4.69) is 26.1 Å². The van der Waals surface area contributed by atoms with Crippen molar-refractivity contribution in [2.24, 2.45) is 0 Å². The van der Waals surface area contributed by atoms with E-state index in [1.54, 1.807) is 6.08 Å². The van der Waals surface area contributed by atoms with Crippen LogP contribution in [0.2, 0.25) is 0 Å². The van der Waals surface area contributed by atoms with Gasteiger partial charge < -0.3 is 45.1 Å². The quantitative estimate of drug-likeness (QED) is 0.0195. The van der Waals surface area contributed by atoms with Crippen molar-refractivity contribution < 1.29 is 49.3 Å². The van der Waals surface area contributed by atoms with Gasteiger partial charge in [0.1, 0.15) is 24.4 Å². The van der Waals surface area contributed by atoms with E-state index in [0.717, 1.165) is 57.8 Å². The highest BCUT2D eigenvalue weighted by Crippen LogP contribution is 2.26. The number of ether oxygens (including phenoxy) is 3. The van der Waals surface area contributed by atoms with Gasteiger partial charge in [-0.25, -0.2) is 0 Å². The Bertz CT molecular complexity index is 1270. The van der Waals surface area contributed by atoms with E-state index in [-0.39, 0.29) is 13.0 Å². The predicted molar refractivity (Wildman–Crippen MR) is 311 cm³/mol. The Kier molecular flexibility index (Phi) is 50.5. The second-order valence-electron chi connectivity index (χ2n) is 22.9. The number of aliphatic hydroxyl groups is 5. The SMILES string of the molecule is CCCCCCCCCCCCC/C=C/C(O)C(COC1OC(CO)C(O)C(O)C1OC(=O)CCCCCCCCCCCCCCC)NC(=O)C(O)CCCCCCCCCCCCCCCCCCCCCC. The van der Waals surface area contributed by atoms with Crippen LogP contribution in [-0.2, 0) is 23.8 Å². The lowest BCUT2D eigenvalue weighted by molar-refractivity contribution is -0.305. The van der Waals surface area contributed by atoms with Gasteiger partial charge in [-0.15, -0.1) is 0 Å². The van der Waals surface area contributed by atoms with Gasteiger partial charge in [-0.1, -0.05) is 303 Å². The highest BCUT2D eigenvalue weighted by atomic mass is 16.7. The maximum absolute atomic E-state index is 13.4. The average molecular weight is 1070 g/mol. The lowest BCUT2D eigenvalue weighted by Crippen LogP contribution is -2.61. The fourth-order valence-electron chi connectivity index (χ4n) is 10.5. The number of aliphatic hydroxyl groups excluding tert-OH is 5. The molecule has 8 atom stereocenters. The second kappa shape index (κ2) is 53.1. The molecule has 1 amide bonds. The Morgan fingerprint density at radius 1 is 0.507 bits per heavy atom. The van der Waals surface area contributed by atoms with Crippen LogP contribution in [0, 0.1) is 0 Å². The number of hydrogen-bond acceptors (Lipinski definition) is 10. The molecule has 1 saturated heterocycles. The summed E-state index contributed by atoms with van der Waals surface area (Å²) in [4.78, 5) is 26.5. The molecule has 8 unspecified atom stereocenters. The molecule has 0 aromatic heterocycles. The van der Waals surface area contributed by atoms with Gasteiger partial charge in [0.2, 0.25) is 5.91 Å². The number of allylic oxidation sites excluding steroid dienone is 1. The van der Waals surface area contributed by atoms with Gasteiger partial charge in [0, 0.05) is 6.42 Å². The van der Waals surface area contributed by atoms with E-state index in [9.17, 15) is 35.1 Å². The topological polar surface area (TPSA) is 175 Å². The van der Waals surface area contributed by atoms with E-state index in [1.165, 1.54) is 218 Å². The number of carbonyl (C=O) groups is 2. The molecule has 0 aliphatic carbocycles. The summed E-state index contributed by atoms with van der Waals surface area (Å²) in [6.45, 7) is 5.83. The van der Waals surface area contributed by atoms with E-state index >= 15 is 0 Å². The van der Waals surface area contributed by atoms with Crippen molar-refractivity contribution in [3.05, 3.63) is 12.2 Å². The van der Waals surface area contributed by atoms with E-state index in [4.69, 9.17) is 14.2 Å². The first kappa shape index (κ1) is 71.4. The molecule has 0 bridgehead atoms. The lowest BCUT2D eigenvalue weighted by atomic mass is 9.99. The van der Waals surface area contributed by atoms with Crippen LogP contribution in [0.4, 0.5) is 0 Å². The van der Waals surface area contributed by atoms with Crippen molar-refractivity contribution in [3.8, 4) is 0 Å². The third-order valence-corrected chi connectivity index (χ3v) is 15.7. The van der Waals surface area contributed by atoms with Crippen LogP contribution >= 0.6 is 0 Å². The molecular formula is C64H123NO10. The number of amides is 1. The molecule has 1 aliphatic rings. The molecule has 11 heteroatoms. The minimum Gasteiger partial charge on any atom is -0.454 e. The zero-order chi connectivity index (χ0) is 54.7. The van der Waals surface area contributed by atoms with Gasteiger partial charge in [-0.2, -0.15) is 0 Å². The molecule has 0 aromatic carbocycles. The normalized spacial score (nSPS) is 19.2. The van der Waals surface area contributed by atoms with Crippen molar-refractivity contribution in [1.29, 1.82) is 0 Å². The fraction of sp³-hybridized carbons (Fsp3) is 0.938. The summed E-state index contributed by atoms with van der Waals surface area (Å²) in [6.07, 6.45) is 49.7. The maximum Gasteiger partial charge on any atom is 0.306 e. The van der Waals surface area contributed by atoms with Crippen LogP contribution in [0.3, 0.4) is 0 Å². The molecule has 6 N–H and O–H groups in total. The van der Waals surface area contributed by atoms with Gasteiger partial charge in [0.25, 0.3) is 0 Å². The Morgan fingerprint density at radius 3 is 1.25 bits per heavy atom. The van der Waals surface area contributed by atoms with Gasteiger partial charge in [0.05, 0.1) is 25.4 Å². The smallest absolute Gasteiger partial charge is 0.306 e. The largest absolute Gasteiger partial charge is 0.454 e. The number of unbranched alkanes of at least 4 members (excludes halogenated alkanes) is 42. The average Bonchev–Trinajstić information content (AvgIpc) is 3.41. The highest BCUT2D eigenvalue weighted by molar-refractivity contribution is 5.80. The summed E-state index contributed by atoms with van der Waals surface area (Å²) in [6, 6.07) is -1.02. The zero-order valence-electron chi connectivity index (χ0n) is 49.2. The van der Waals surface area contributed by atoms with E-state index < -0.39 is 67.4 Å². The molecule has 0 radical (unpaired) electrons. The van der Waals surface area contributed by atoms with Gasteiger partial charge in [-0.05, 0) is 25.7 Å². The third kappa shape index (κ3) is 41.1. The predicted octanol–water partition coefficient (Wildman–Crippen LogP) is 15.5. The standard InChI is InChI=1S/C64H123NO10/c1-4-7-10-13-16-19-22-25-26-27-28-29-30-31-34-36-39-42-45-48-51-57(68)63(72)65-55(56(67)50-47-44-41-38-35-32-23-20-17-14-11-8-5-2)54-73-64-62(61(71)60(70)58(53-66)74-64)75-59(69)52-49-46-43-40-37-33-24-21-18-15-12-9-6-3/h47,50,55-58,60-62,64,66-68,70-71H,4-46,48-49,51-54H2,1-3H3,(H,65,72)/b50-47+. The van der Waals surface area contributed by atoms with Gasteiger partial charge in [-0.3, -0.25) is 9.59 Å². The first-order valence-corrected chi connectivity index (χ1v) is 32.5. The van der Waals surface area contributed by atoms with Crippen LogP contribution in [0.1, 0.15) is 323 Å². The maximum atomic E-state index is 13.4. The monoisotopic (exact) mass is 1070 g/mol. The Balaban J connectivity index is 2.64. The molecule has 1 rings (SSSR count). The molecule has 11 nitrogen and oxygen atoms in total. The first-order chi connectivity index (χ1) is 36.7. The molecule has 75 heavy (non-hydrogen) atoms. The summed E-state index contributed by atoms with van der Waals surface area (Å²) in [5.74, 6) is -1.18. The van der Waals surface area contributed by atoms with Gasteiger partial charge in [0.15, 0.2) is 12.4 Å². The Hall–Kier alpha value is -1.60. The minimum atomic E-state index is -1.61. The second-order valence-corrected chi connectivity index (χ2v) is 22.9. The highest BCUT2D eigenvalue weighted by Gasteiger charge is 2.47. The van der Waals surface area contributed by atoms with Gasteiger partial charge >= 0.3 is 5.97 Å². The number of nitrogens with one attached hydrogen (secondary N) is 1. The number of esters is 1. The molecule has 444 valence electrons. The van der Waals surface area contributed by atoms with Crippen molar-refractivity contribution in [1.82, 2.24) is 5.32 Å². The Morgan fingerprint density at radius 2 is 0.867 bits per heavy atom. The van der Waals surface area contributed by atoms with Crippen molar-refractivity contribution in [2.45, 2.75) is 372 Å². The number of rotatable bonds is 56. The van der Waals surface area contributed by atoms with Crippen LogP contribution in [0.15, 0.2) is 12.2 Å². The molecule has 1 aliphatic heterocycles. The van der Waals surface area contributed by atoms with E-state index in [0.29, 0.717) is 19.3 Å². The number of carbonyl (C=O) groups excluding carboxylic acids is 2. The van der Waals surface area contributed by atoms with Crippen molar-refractivity contribution >= 4 is 11.9 Å². The Labute approximate surface area is 461 Å². The summed E-state index contributed by atoms with van der Waals surface area (Å²) in [5, 5.41) is 57.0. The summed E-state index contributed by atoms with van der Waals surface area (Å²) < 4.78 is 17.6. The minimum absolute atomic E-state index is 0.131. The van der Waals surface area contributed by atoms with E-state index in [1.807, 2.05) is 6.08 Å². The molecular weight excluding hydrogens is 943 g/mol. The summed E-state index contributed by atoms with van der Waals surface area (Å²) in [7, 11) is 0. The molecule has 0 saturated carbocycles. The molecule has 0 spiro atoms. The summed E-state index contributed by atoms with van der Waals surface area (Å²) >= 11 is 0. The molecule has 1 heterocycles. The third-order valence-electron chi connectivity index (χ3n) is 15.7. The summed E-state index contributed by atoms with van der Waals surface area (Å²) in [5.41, 5.74) is 0. The molecule has 1 fully saturated rings. The van der Waals surface area contributed by atoms with Crippen molar-refractivity contribution in [3.63, 3.8) is 0 Å². The molecule has 0 aromatic rings. The zero-order valence-corrected chi connectivity index (χ0v) is 49.2. The number of hydrogen-bond donors (Lipinski definition) is 6. The van der Waals surface area contributed by atoms with Crippen LogP contribution in [0.5, 0.6) is 0 Å². The van der Waals surface area contributed by atoms with Crippen molar-refractivity contribution in [2.75, 3.05) is 13.2 Å². The van der Waals surface area contributed by atoms with Crippen LogP contribution in [0.25, 0.3) is 0 Å². The van der Waals surface area contributed by atoms with Crippen LogP contribution < -0.4 is 5.32 Å². The first-order valence-electron chi connectivity index (χ1n) is 32.5. The van der Waals surface area contributed by atoms with Crippen LogP contribution in [-0.4, -0.2) is 99.6 Å². The fourth-order valence-corrected chi connectivity index (χ4v) is 10.5. The lowest BCUT2D eigenvalue weighted by Gasteiger charge is -2.41.